The van der Waals surface area contributed by atoms with E-state index in [9.17, 15) is 9.59 Å². The van der Waals surface area contributed by atoms with Gasteiger partial charge in [-0.2, -0.15) is 0 Å². The van der Waals surface area contributed by atoms with E-state index in [1.807, 2.05) is 24.4 Å². The first kappa shape index (κ1) is 20.6. The average Bonchev–Trinajstić information content (AvgIpc) is 3.44. The number of morpholine rings is 1. The summed E-state index contributed by atoms with van der Waals surface area (Å²) in [6, 6.07) is 9.26. The molecule has 3 heterocycles. The highest BCUT2D eigenvalue weighted by Crippen LogP contribution is 2.32. The summed E-state index contributed by atoms with van der Waals surface area (Å²) in [4.78, 5) is 28.3. The van der Waals surface area contributed by atoms with Crippen LogP contribution in [0, 0.1) is 0 Å². The van der Waals surface area contributed by atoms with Gasteiger partial charge in [-0.05, 0) is 36.1 Å². The number of fused-ring (bicyclic) bond motifs is 1. The normalized spacial score (nSPS) is 17.9. The van der Waals surface area contributed by atoms with Gasteiger partial charge in [-0.1, -0.05) is 12.1 Å². The van der Waals surface area contributed by atoms with E-state index >= 15 is 0 Å². The maximum absolute atomic E-state index is 12.5. The van der Waals surface area contributed by atoms with E-state index in [0.29, 0.717) is 24.7 Å². The number of nitrogens with one attached hydrogen (secondary N) is 2. The zero-order valence-electron chi connectivity index (χ0n) is 16.8. The van der Waals surface area contributed by atoms with Gasteiger partial charge in [-0.15, -0.1) is 11.3 Å². The molecule has 0 spiro atoms. The van der Waals surface area contributed by atoms with Crippen LogP contribution in [-0.4, -0.2) is 55.9 Å². The summed E-state index contributed by atoms with van der Waals surface area (Å²) in [6.07, 6.45) is 0. The number of benzene rings is 1. The summed E-state index contributed by atoms with van der Waals surface area (Å²) in [5, 5.41) is 7.57. The third-order valence-corrected chi connectivity index (χ3v) is 6.15. The lowest BCUT2D eigenvalue weighted by Crippen LogP contribution is -2.51. The number of amides is 2. The molecule has 2 aromatic rings. The van der Waals surface area contributed by atoms with E-state index in [1.54, 1.807) is 23.5 Å². The third-order valence-electron chi connectivity index (χ3n) is 5.20. The van der Waals surface area contributed by atoms with Crippen LogP contribution < -0.4 is 20.1 Å². The molecule has 1 aromatic carbocycles. The van der Waals surface area contributed by atoms with Gasteiger partial charge in [0.2, 0.25) is 6.79 Å². The first-order valence-electron chi connectivity index (χ1n) is 9.94. The van der Waals surface area contributed by atoms with Crippen molar-refractivity contribution >= 4 is 23.2 Å². The second-order valence-corrected chi connectivity index (χ2v) is 8.22. The lowest BCUT2D eigenvalue weighted by atomic mass is 10.1. The summed E-state index contributed by atoms with van der Waals surface area (Å²) >= 11 is 1.65. The van der Waals surface area contributed by atoms with E-state index in [0.717, 1.165) is 23.5 Å². The van der Waals surface area contributed by atoms with Crippen LogP contribution in [0.5, 0.6) is 11.5 Å². The van der Waals surface area contributed by atoms with Crippen molar-refractivity contribution in [3.63, 3.8) is 0 Å². The van der Waals surface area contributed by atoms with Crippen molar-refractivity contribution in [2.24, 2.45) is 0 Å². The van der Waals surface area contributed by atoms with Crippen molar-refractivity contribution in [3.05, 3.63) is 46.2 Å². The van der Waals surface area contributed by atoms with Gasteiger partial charge in [0.1, 0.15) is 0 Å². The van der Waals surface area contributed by atoms with Gasteiger partial charge < -0.3 is 24.8 Å². The van der Waals surface area contributed by atoms with E-state index in [2.05, 4.69) is 21.6 Å². The fraction of sp³-hybridized carbons (Fsp3) is 0.429. The van der Waals surface area contributed by atoms with Crippen LogP contribution in [0.2, 0.25) is 0 Å². The minimum absolute atomic E-state index is 0.000454. The van der Waals surface area contributed by atoms with E-state index in [1.165, 1.54) is 0 Å². The second-order valence-electron chi connectivity index (χ2n) is 7.24. The number of hydrogen-bond donors (Lipinski definition) is 2. The van der Waals surface area contributed by atoms with Crippen LogP contribution in [-0.2, 0) is 20.9 Å². The Balaban J connectivity index is 1.34. The van der Waals surface area contributed by atoms with Crippen molar-refractivity contribution in [3.8, 4) is 11.5 Å². The largest absolute Gasteiger partial charge is 0.454 e. The number of rotatable bonds is 6. The fourth-order valence-electron chi connectivity index (χ4n) is 3.72. The van der Waals surface area contributed by atoms with Gasteiger partial charge in [0.15, 0.2) is 11.5 Å². The van der Waals surface area contributed by atoms with Crippen LogP contribution in [0.15, 0.2) is 35.7 Å². The lowest BCUT2D eigenvalue weighted by Gasteiger charge is -2.37. The highest BCUT2D eigenvalue weighted by Gasteiger charge is 2.30. The zero-order valence-corrected chi connectivity index (χ0v) is 17.6. The van der Waals surface area contributed by atoms with Gasteiger partial charge in [0.05, 0.1) is 19.3 Å². The number of thiophene rings is 1. The maximum Gasteiger partial charge on any atom is 0.309 e. The number of nitrogens with zero attached hydrogens (tertiary/aromatic N) is 1. The molecule has 0 radical (unpaired) electrons. The summed E-state index contributed by atoms with van der Waals surface area (Å²) < 4.78 is 16.1. The highest BCUT2D eigenvalue weighted by molar-refractivity contribution is 7.10. The van der Waals surface area contributed by atoms with Crippen molar-refractivity contribution in [2.45, 2.75) is 25.6 Å². The molecule has 160 valence electrons. The molecule has 2 N–H and O–H groups in total. The second kappa shape index (κ2) is 9.46. The Bertz CT molecular complexity index is 883. The van der Waals surface area contributed by atoms with Crippen LogP contribution in [0.3, 0.4) is 0 Å². The first-order valence-corrected chi connectivity index (χ1v) is 10.8. The predicted molar refractivity (Wildman–Crippen MR) is 111 cm³/mol. The summed E-state index contributed by atoms with van der Waals surface area (Å²) in [6.45, 7) is 5.27. The zero-order chi connectivity index (χ0) is 20.9. The van der Waals surface area contributed by atoms with Crippen molar-refractivity contribution < 1.29 is 23.8 Å². The van der Waals surface area contributed by atoms with E-state index in [4.69, 9.17) is 14.2 Å². The Kier molecular flexibility index (Phi) is 6.51. The van der Waals surface area contributed by atoms with Crippen molar-refractivity contribution in [1.82, 2.24) is 15.5 Å². The minimum atomic E-state index is -0.661. The predicted octanol–water partition coefficient (Wildman–Crippen LogP) is 1.67. The lowest BCUT2D eigenvalue weighted by molar-refractivity contribution is -0.140. The summed E-state index contributed by atoms with van der Waals surface area (Å²) in [5.41, 5.74) is 0.832. The molecule has 2 aliphatic heterocycles. The summed E-state index contributed by atoms with van der Waals surface area (Å²) in [5.74, 6) is 0.0213. The molecule has 8 nitrogen and oxygen atoms in total. The Hall–Kier alpha value is -2.62. The number of carbonyl (C=O) groups excluding carboxylic acids is 2. The topological polar surface area (TPSA) is 89.1 Å². The smallest absolute Gasteiger partial charge is 0.309 e. The van der Waals surface area contributed by atoms with Crippen molar-refractivity contribution in [2.75, 3.05) is 33.1 Å². The molecule has 0 saturated carbocycles. The quantitative estimate of drug-likeness (QED) is 0.677. The molecule has 2 unspecified atom stereocenters. The summed E-state index contributed by atoms with van der Waals surface area (Å²) in [7, 11) is 0. The van der Waals surface area contributed by atoms with Crippen LogP contribution in [0.25, 0.3) is 0 Å². The molecule has 0 bridgehead atoms. The third kappa shape index (κ3) is 4.75. The molecular formula is C21H25N3O5S. The monoisotopic (exact) mass is 431 g/mol. The van der Waals surface area contributed by atoms with Gasteiger partial charge in [0, 0.05) is 30.6 Å². The molecule has 2 aliphatic rings. The van der Waals surface area contributed by atoms with E-state index < -0.39 is 11.8 Å². The molecule has 1 saturated heterocycles. The Morgan fingerprint density at radius 3 is 2.70 bits per heavy atom. The average molecular weight is 432 g/mol. The van der Waals surface area contributed by atoms with Gasteiger partial charge in [0.25, 0.3) is 0 Å². The van der Waals surface area contributed by atoms with Crippen LogP contribution >= 0.6 is 11.3 Å². The van der Waals surface area contributed by atoms with Crippen LogP contribution in [0.1, 0.15) is 23.4 Å². The minimum Gasteiger partial charge on any atom is -0.454 e. The molecule has 2 amide bonds. The standard InChI is InChI=1S/C21H25N3O5S/c1-14(19(18-3-2-10-30-18)24-6-8-27-9-7-24)23-21(26)20(25)22-12-15-4-5-16-17(11-15)29-13-28-16/h2-5,10-11,14,19H,6-9,12-13H2,1H3,(H,22,25)(H,23,26). The Morgan fingerprint density at radius 2 is 1.93 bits per heavy atom. The fourth-order valence-corrected chi connectivity index (χ4v) is 4.69. The molecule has 30 heavy (non-hydrogen) atoms. The molecule has 4 rings (SSSR count). The Morgan fingerprint density at radius 1 is 1.13 bits per heavy atom. The molecule has 1 aromatic heterocycles. The SMILES string of the molecule is CC(NC(=O)C(=O)NCc1ccc2c(c1)OCO2)C(c1cccs1)N1CCOCC1. The number of hydrogen-bond acceptors (Lipinski definition) is 7. The molecule has 2 atom stereocenters. The van der Waals surface area contributed by atoms with Gasteiger partial charge in [-0.3, -0.25) is 14.5 Å². The first-order chi connectivity index (χ1) is 14.6. The number of carbonyl (C=O) groups is 2. The molecule has 1 fully saturated rings. The molecular weight excluding hydrogens is 406 g/mol. The van der Waals surface area contributed by atoms with E-state index in [-0.39, 0.29) is 25.4 Å². The molecule has 9 heteroatoms. The number of ether oxygens (including phenoxy) is 3. The Labute approximate surface area is 179 Å². The molecule has 0 aliphatic carbocycles. The van der Waals surface area contributed by atoms with Gasteiger partial charge in [-0.25, -0.2) is 0 Å². The van der Waals surface area contributed by atoms with Crippen LogP contribution in [0.4, 0.5) is 0 Å². The maximum atomic E-state index is 12.5. The van der Waals surface area contributed by atoms with Crippen molar-refractivity contribution in [1.29, 1.82) is 0 Å². The highest BCUT2D eigenvalue weighted by atomic mass is 32.1. The van der Waals surface area contributed by atoms with Gasteiger partial charge >= 0.3 is 11.8 Å².